The van der Waals surface area contributed by atoms with Gasteiger partial charge < -0.3 is 14.2 Å². The van der Waals surface area contributed by atoms with E-state index in [4.69, 9.17) is 9.31 Å². The number of nitrogens with zero attached hydrogens (tertiary/aromatic N) is 3. The molecule has 0 aromatic carbocycles. The van der Waals surface area contributed by atoms with Crippen LogP contribution >= 0.6 is 0 Å². The van der Waals surface area contributed by atoms with Gasteiger partial charge in [-0.15, -0.1) is 0 Å². The molecule has 1 aromatic rings. The maximum absolute atomic E-state index is 5.95. The van der Waals surface area contributed by atoms with Gasteiger partial charge in [0.1, 0.15) is 12.1 Å². The van der Waals surface area contributed by atoms with Crippen molar-refractivity contribution in [2.75, 3.05) is 19.0 Å². The Bertz CT molecular complexity index is 433. The molecule has 18 heavy (non-hydrogen) atoms. The maximum atomic E-state index is 5.95. The molecule has 2 rings (SSSR count). The minimum atomic E-state index is -0.434. The van der Waals surface area contributed by atoms with Crippen LogP contribution < -0.4 is 10.5 Å². The van der Waals surface area contributed by atoms with Crippen LogP contribution in [0.5, 0.6) is 0 Å². The lowest BCUT2D eigenvalue weighted by molar-refractivity contribution is 0.00578. The summed E-state index contributed by atoms with van der Waals surface area (Å²) in [6.07, 6.45) is 1.54. The molecule has 0 aliphatic carbocycles. The molecule has 0 saturated carbocycles. The number of rotatable bonds is 2. The van der Waals surface area contributed by atoms with Crippen molar-refractivity contribution in [3.8, 4) is 0 Å². The zero-order valence-electron chi connectivity index (χ0n) is 11.9. The molecule has 0 bridgehead atoms. The molecule has 0 amide bonds. The van der Waals surface area contributed by atoms with Crippen molar-refractivity contribution < 1.29 is 9.31 Å². The number of aromatic nitrogens is 2. The van der Waals surface area contributed by atoms with E-state index in [-0.39, 0.29) is 11.2 Å². The quantitative estimate of drug-likeness (QED) is 0.727. The van der Waals surface area contributed by atoms with Crippen molar-refractivity contribution in [1.82, 2.24) is 9.97 Å². The Morgan fingerprint density at radius 2 is 1.61 bits per heavy atom. The fourth-order valence-electron chi connectivity index (χ4n) is 1.70. The van der Waals surface area contributed by atoms with E-state index in [1.54, 1.807) is 0 Å². The fourth-order valence-corrected chi connectivity index (χ4v) is 1.70. The Labute approximate surface area is 109 Å². The van der Waals surface area contributed by atoms with E-state index in [1.165, 1.54) is 6.33 Å². The molecule has 0 atom stereocenters. The molecule has 1 aliphatic heterocycles. The second-order valence-corrected chi connectivity index (χ2v) is 5.78. The average molecular weight is 249 g/mol. The normalized spacial score (nSPS) is 21.1. The lowest BCUT2D eigenvalue weighted by atomic mass is 9.84. The highest BCUT2D eigenvalue weighted by Crippen LogP contribution is 2.36. The standard InChI is InChI=1S/C12H20BN3O2/c1-11(2)12(3,4)18-13(17-11)9-7-10(16(5)6)15-8-14-9/h7-8H,1-6H3. The molecular weight excluding hydrogens is 229 g/mol. The van der Waals surface area contributed by atoms with Gasteiger partial charge in [-0.2, -0.15) is 0 Å². The Kier molecular flexibility index (Phi) is 3.11. The Morgan fingerprint density at radius 3 is 2.11 bits per heavy atom. The van der Waals surface area contributed by atoms with Gasteiger partial charge in [0.25, 0.3) is 0 Å². The molecule has 6 heteroatoms. The first-order valence-corrected chi connectivity index (χ1v) is 6.08. The minimum absolute atomic E-state index is 0.346. The molecular formula is C12H20BN3O2. The zero-order chi connectivity index (χ0) is 13.6. The molecule has 0 unspecified atom stereocenters. The summed E-state index contributed by atoms with van der Waals surface area (Å²) in [4.78, 5) is 10.4. The Balaban J connectivity index is 2.27. The zero-order valence-corrected chi connectivity index (χ0v) is 11.9. The van der Waals surface area contributed by atoms with Crippen molar-refractivity contribution in [3.63, 3.8) is 0 Å². The highest BCUT2D eigenvalue weighted by molar-refractivity contribution is 6.61. The van der Waals surface area contributed by atoms with Gasteiger partial charge in [-0.25, -0.2) is 9.97 Å². The predicted molar refractivity (Wildman–Crippen MR) is 72.1 cm³/mol. The molecule has 98 valence electrons. The molecule has 1 aromatic heterocycles. The van der Waals surface area contributed by atoms with Crippen LogP contribution in [0.25, 0.3) is 0 Å². The topological polar surface area (TPSA) is 47.5 Å². The third kappa shape index (κ3) is 2.22. The van der Waals surface area contributed by atoms with Crippen LogP contribution in [0.3, 0.4) is 0 Å². The van der Waals surface area contributed by atoms with Gasteiger partial charge in [0.05, 0.1) is 16.8 Å². The van der Waals surface area contributed by atoms with Gasteiger partial charge in [0, 0.05) is 14.1 Å². The van der Waals surface area contributed by atoms with E-state index in [9.17, 15) is 0 Å². The summed E-state index contributed by atoms with van der Waals surface area (Å²) in [5.41, 5.74) is 0.0641. The molecule has 5 nitrogen and oxygen atoms in total. The molecule has 2 heterocycles. The van der Waals surface area contributed by atoms with Gasteiger partial charge in [0.15, 0.2) is 0 Å². The summed E-state index contributed by atoms with van der Waals surface area (Å²) < 4.78 is 11.9. The van der Waals surface area contributed by atoms with Gasteiger partial charge in [-0.05, 0) is 33.8 Å². The fraction of sp³-hybridized carbons (Fsp3) is 0.667. The van der Waals surface area contributed by atoms with Crippen molar-refractivity contribution >= 4 is 18.5 Å². The van der Waals surface area contributed by atoms with Gasteiger partial charge in [0.2, 0.25) is 0 Å². The van der Waals surface area contributed by atoms with Crippen LogP contribution in [0, 0.1) is 0 Å². The summed E-state index contributed by atoms with van der Waals surface area (Å²) in [7, 11) is 3.45. The summed E-state index contributed by atoms with van der Waals surface area (Å²) in [6.45, 7) is 8.12. The summed E-state index contributed by atoms with van der Waals surface area (Å²) in [5.74, 6) is 0.842. The smallest absolute Gasteiger partial charge is 0.398 e. The third-order valence-electron chi connectivity index (χ3n) is 3.63. The van der Waals surface area contributed by atoms with Crippen LogP contribution in [0.2, 0.25) is 0 Å². The number of hydrogen-bond donors (Lipinski definition) is 0. The average Bonchev–Trinajstić information content (AvgIpc) is 2.48. The van der Waals surface area contributed by atoms with Gasteiger partial charge in [-0.3, -0.25) is 0 Å². The van der Waals surface area contributed by atoms with E-state index < -0.39 is 7.12 Å². The molecule has 1 saturated heterocycles. The lowest BCUT2D eigenvalue weighted by Crippen LogP contribution is -2.41. The van der Waals surface area contributed by atoms with Crippen LogP contribution in [0.4, 0.5) is 5.82 Å². The SMILES string of the molecule is CN(C)c1cc(B2OC(C)(C)C(C)(C)O2)ncn1. The van der Waals surface area contributed by atoms with Crippen molar-refractivity contribution in [2.24, 2.45) is 0 Å². The molecule has 1 aliphatic rings. The van der Waals surface area contributed by atoms with E-state index in [0.29, 0.717) is 0 Å². The van der Waals surface area contributed by atoms with Crippen molar-refractivity contribution in [1.29, 1.82) is 0 Å². The maximum Gasteiger partial charge on any atom is 0.514 e. The van der Waals surface area contributed by atoms with Crippen LogP contribution in [0.15, 0.2) is 12.4 Å². The Hall–Kier alpha value is -1.14. The van der Waals surface area contributed by atoms with Gasteiger partial charge >= 0.3 is 7.12 Å². The second-order valence-electron chi connectivity index (χ2n) is 5.78. The first-order valence-electron chi connectivity index (χ1n) is 6.08. The highest BCUT2D eigenvalue weighted by Gasteiger charge is 2.52. The van der Waals surface area contributed by atoms with E-state index >= 15 is 0 Å². The largest absolute Gasteiger partial charge is 0.514 e. The summed E-state index contributed by atoms with van der Waals surface area (Å²) >= 11 is 0. The summed E-state index contributed by atoms with van der Waals surface area (Å²) in [6, 6.07) is 1.89. The van der Waals surface area contributed by atoms with E-state index in [2.05, 4.69) is 9.97 Å². The molecule has 0 radical (unpaired) electrons. The van der Waals surface area contributed by atoms with Crippen molar-refractivity contribution in [2.45, 2.75) is 38.9 Å². The van der Waals surface area contributed by atoms with Gasteiger partial charge in [-0.1, -0.05) is 0 Å². The number of hydrogen-bond acceptors (Lipinski definition) is 5. The molecule has 0 N–H and O–H groups in total. The second kappa shape index (κ2) is 4.21. The molecule has 1 fully saturated rings. The number of anilines is 1. The van der Waals surface area contributed by atoms with Crippen LogP contribution in [0.1, 0.15) is 27.7 Å². The summed E-state index contributed by atoms with van der Waals surface area (Å²) in [5, 5.41) is 0. The predicted octanol–water partition coefficient (Wildman–Crippen LogP) is 0.842. The van der Waals surface area contributed by atoms with E-state index in [0.717, 1.165) is 11.4 Å². The monoisotopic (exact) mass is 249 g/mol. The van der Waals surface area contributed by atoms with Crippen LogP contribution in [-0.2, 0) is 9.31 Å². The molecule has 0 spiro atoms. The Morgan fingerprint density at radius 1 is 1.06 bits per heavy atom. The van der Waals surface area contributed by atoms with E-state index in [1.807, 2.05) is 52.8 Å². The third-order valence-corrected chi connectivity index (χ3v) is 3.63. The highest BCUT2D eigenvalue weighted by atomic mass is 16.7. The first kappa shape index (κ1) is 13.3. The van der Waals surface area contributed by atoms with Crippen molar-refractivity contribution in [3.05, 3.63) is 12.4 Å². The minimum Gasteiger partial charge on any atom is -0.398 e. The lowest BCUT2D eigenvalue weighted by Gasteiger charge is -2.32. The first-order chi connectivity index (χ1) is 8.23. The van der Waals surface area contributed by atoms with Crippen LogP contribution in [-0.4, -0.2) is 42.4 Å².